The zero-order valence-electron chi connectivity index (χ0n) is 24.0. The van der Waals surface area contributed by atoms with Crippen molar-refractivity contribution in [2.75, 3.05) is 0 Å². The lowest BCUT2D eigenvalue weighted by Gasteiger charge is -2.17. The van der Waals surface area contributed by atoms with Gasteiger partial charge in [0.25, 0.3) is 0 Å². The van der Waals surface area contributed by atoms with Crippen molar-refractivity contribution in [2.24, 2.45) is 0 Å². The first-order valence-electron chi connectivity index (χ1n) is 15.4. The smallest absolute Gasteiger partial charge is 0.00201 e. The molecule has 0 saturated heterocycles. The summed E-state index contributed by atoms with van der Waals surface area (Å²) in [5.41, 5.74) is 12.8. The molecule has 0 atom stereocenters. The van der Waals surface area contributed by atoms with E-state index in [1.807, 2.05) is 0 Å². The minimum Gasteiger partial charge on any atom is -0.0622 e. The fourth-order valence-electron chi connectivity index (χ4n) is 7.78. The summed E-state index contributed by atoms with van der Waals surface area (Å²) in [6.07, 6.45) is 0. The van der Waals surface area contributed by atoms with Crippen LogP contribution in [-0.4, -0.2) is 0 Å². The highest BCUT2D eigenvalue weighted by molar-refractivity contribution is 6.25. The van der Waals surface area contributed by atoms with E-state index in [2.05, 4.69) is 158 Å². The maximum atomic E-state index is 2.41. The summed E-state index contributed by atoms with van der Waals surface area (Å²) >= 11 is 0. The molecular weight excluding hydrogens is 528 g/mol. The standard InChI is InChI=1S/C44H26/c1-2-8-27(9-3-1)31-24-32(34-20-18-30-17-16-28-10-6-11-29-19-21-40(34)43(30)42(28)29)26-33(25-31)35-22-23-41-37-13-5-4-12-36(37)39-15-7-14-38(35)44(39)41/h1-26H. The van der Waals surface area contributed by atoms with Crippen LogP contribution in [0.25, 0.3) is 98.7 Å². The Kier molecular flexibility index (Phi) is 4.81. The number of fused-ring (bicyclic) bond motifs is 3. The molecule has 202 valence electrons. The third-order valence-corrected chi connectivity index (χ3v) is 9.74. The van der Waals surface area contributed by atoms with Gasteiger partial charge < -0.3 is 0 Å². The molecule has 0 aromatic heterocycles. The van der Waals surface area contributed by atoms with Crippen LogP contribution in [0.2, 0.25) is 0 Å². The van der Waals surface area contributed by atoms with Crippen LogP contribution in [0.1, 0.15) is 0 Å². The first-order chi connectivity index (χ1) is 21.8. The van der Waals surface area contributed by atoms with Crippen molar-refractivity contribution in [1.29, 1.82) is 0 Å². The van der Waals surface area contributed by atoms with Gasteiger partial charge in [-0.3, -0.25) is 0 Å². The number of hydrogen-bond acceptors (Lipinski definition) is 0. The Bertz CT molecular complexity index is 2540. The van der Waals surface area contributed by atoms with E-state index in [4.69, 9.17) is 0 Å². The van der Waals surface area contributed by atoms with Crippen LogP contribution in [-0.2, 0) is 0 Å². The monoisotopic (exact) mass is 554 g/mol. The summed E-state index contributed by atoms with van der Waals surface area (Å²) in [5, 5.41) is 10.6. The van der Waals surface area contributed by atoms with Crippen LogP contribution in [0.3, 0.4) is 0 Å². The Morgan fingerprint density at radius 1 is 0.227 bits per heavy atom. The lowest BCUT2D eigenvalue weighted by molar-refractivity contribution is 1.59. The Morgan fingerprint density at radius 3 is 1.48 bits per heavy atom. The summed E-state index contributed by atoms with van der Waals surface area (Å²) in [6.45, 7) is 0. The Hall–Kier alpha value is -5.72. The maximum Gasteiger partial charge on any atom is -0.00201 e. The molecule has 0 unspecified atom stereocenters. The van der Waals surface area contributed by atoms with Crippen LogP contribution in [0, 0.1) is 0 Å². The molecule has 1 aliphatic carbocycles. The highest BCUT2D eigenvalue weighted by Gasteiger charge is 2.23. The van der Waals surface area contributed by atoms with Gasteiger partial charge in [-0.2, -0.15) is 0 Å². The Labute approximate surface area is 255 Å². The zero-order chi connectivity index (χ0) is 28.8. The van der Waals surface area contributed by atoms with Gasteiger partial charge >= 0.3 is 0 Å². The van der Waals surface area contributed by atoms with E-state index >= 15 is 0 Å². The molecule has 0 nitrogen and oxygen atoms in total. The molecule has 9 aromatic carbocycles. The van der Waals surface area contributed by atoms with Gasteiger partial charge in [0.05, 0.1) is 0 Å². The number of rotatable bonds is 3. The SMILES string of the molecule is c1ccc(-c2cc(-c3ccc4c5c(cccc35)-c3ccccc3-4)cc(-c3ccc4ccc5cccc6ccc3c4c56)c2)cc1. The first-order valence-corrected chi connectivity index (χ1v) is 15.4. The highest BCUT2D eigenvalue weighted by atomic mass is 14.3. The Morgan fingerprint density at radius 2 is 0.727 bits per heavy atom. The van der Waals surface area contributed by atoms with Crippen LogP contribution >= 0.6 is 0 Å². The van der Waals surface area contributed by atoms with Crippen molar-refractivity contribution in [3.05, 3.63) is 158 Å². The van der Waals surface area contributed by atoms with E-state index < -0.39 is 0 Å². The average Bonchev–Trinajstić information content (AvgIpc) is 3.42. The van der Waals surface area contributed by atoms with E-state index in [0.717, 1.165) is 0 Å². The largest absolute Gasteiger partial charge is 0.0622 e. The predicted octanol–water partition coefficient (Wildman–Crippen LogP) is 12.4. The van der Waals surface area contributed by atoms with Gasteiger partial charge in [-0.15, -0.1) is 0 Å². The lowest BCUT2D eigenvalue weighted by atomic mass is 9.87. The third kappa shape index (κ3) is 3.28. The van der Waals surface area contributed by atoms with Gasteiger partial charge in [0, 0.05) is 0 Å². The van der Waals surface area contributed by atoms with E-state index in [0.29, 0.717) is 0 Å². The highest BCUT2D eigenvalue weighted by Crippen LogP contribution is 2.50. The number of hydrogen-bond donors (Lipinski definition) is 0. The molecule has 10 rings (SSSR count). The van der Waals surface area contributed by atoms with E-state index in [9.17, 15) is 0 Å². The lowest BCUT2D eigenvalue weighted by Crippen LogP contribution is -1.90. The van der Waals surface area contributed by atoms with Crippen LogP contribution in [0.4, 0.5) is 0 Å². The zero-order valence-corrected chi connectivity index (χ0v) is 24.0. The van der Waals surface area contributed by atoms with Crippen molar-refractivity contribution in [3.8, 4) is 55.6 Å². The van der Waals surface area contributed by atoms with E-state index in [1.165, 1.54) is 98.7 Å². The quantitative estimate of drug-likeness (QED) is 0.191. The second kappa shape index (κ2) is 8.89. The fourth-order valence-corrected chi connectivity index (χ4v) is 7.78. The summed E-state index contributed by atoms with van der Waals surface area (Å²) in [6, 6.07) is 58.6. The van der Waals surface area contributed by atoms with Gasteiger partial charge in [0.1, 0.15) is 0 Å². The second-order valence-corrected chi connectivity index (χ2v) is 12.1. The molecule has 0 heterocycles. The van der Waals surface area contributed by atoms with Gasteiger partial charge in [0.2, 0.25) is 0 Å². The fraction of sp³-hybridized carbons (Fsp3) is 0. The van der Waals surface area contributed by atoms with Gasteiger partial charge in [-0.05, 0) is 117 Å². The molecule has 0 fully saturated rings. The summed E-state index contributed by atoms with van der Waals surface area (Å²) in [4.78, 5) is 0. The Balaban J connectivity index is 1.27. The summed E-state index contributed by atoms with van der Waals surface area (Å²) < 4.78 is 0. The predicted molar refractivity (Wildman–Crippen MR) is 188 cm³/mol. The van der Waals surface area contributed by atoms with Gasteiger partial charge in [0.15, 0.2) is 0 Å². The van der Waals surface area contributed by atoms with Crippen molar-refractivity contribution >= 4 is 43.1 Å². The van der Waals surface area contributed by atoms with E-state index in [-0.39, 0.29) is 0 Å². The van der Waals surface area contributed by atoms with Crippen LogP contribution < -0.4 is 0 Å². The minimum absolute atomic E-state index is 1.23. The molecular formula is C44H26. The van der Waals surface area contributed by atoms with Crippen molar-refractivity contribution in [1.82, 2.24) is 0 Å². The first kappa shape index (κ1) is 23.8. The molecule has 0 amide bonds. The molecule has 9 aromatic rings. The molecule has 0 spiro atoms. The molecule has 0 radical (unpaired) electrons. The molecule has 0 aliphatic heterocycles. The maximum absolute atomic E-state index is 2.41. The normalized spacial score (nSPS) is 12.1. The molecule has 0 bridgehead atoms. The molecule has 0 heteroatoms. The molecule has 0 N–H and O–H groups in total. The number of benzene rings is 9. The summed E-state index contributed by atoms with van der Waals surface area (Å²) in [7, 11) is 0. The van der Waals surface area contributed by atoms with Crippen molar-refractivity contribution in [3.63, 3.8) is 0 Å². The summed E-state index contributed by atoms with van der Waals surface area (Å²) in [5.74, 6) is 0. The van der Waals surface area contributed by atoms with Crippen LogP contribution in [0.5, 0.6) is 0 Å². The molecule has 0 saturated carbocycles. The second-order valence-electron chi connectivity index (χ2n) is 12.1. The molecule has 1 aliphatic rings. The third-order valence-electron chi connectivity index (χ3n) is 9.74. The minimum atomic E-state index is 1.23. The van der Waals surface area contributed by atoms with E-state index in [1.54, 1.807) is 0 Å². The van der Waals surface area contributed by atoms with Crippen molar-refractivity contribution < 1.29 is 0 Å². The molecule has 44 heavy (non-hydrogen) atoms. The average molecular weight is 555 g/mol. The van der Waals surface area contributed by atoms with Crippen LogP contribution in [0.15, 0.2) is 158 Å². The topological polar surface area (TPSA) is 0 Å². The van der Waals surface area contributed by atoms with Crippen molar-refractivity contribution in [2.45, 2.75) is 0 Å². The van der Waals surface area contributed by atoms with Gasteiger partial charge in [-0.1, -0.05) is 140 Å². The van der Waals surface area contributed by atoms with Gasteiger partial charge in [-0.25, -0.2) is 0 Å².